The van der Waals surface area contributed by atoms with Gasteiger partial charge in [-0.05, 0) is 18.8 Å². The lowest BCUT2D eigenvalue weighted by Gasteiger charge is -2.22. The van der Waals surface area contributed by atoms with Crippen LogP contribution in [-0.4, -0.2) is 42.1 Å². The standard InChI is InChI=1S/C14H26N2O3/c1-11(13(17)18)10-16(2)14(19)15-9-12-7-5-3-4-6-8-12/h11-12H,3-10H2,1-2H3,(H,15,19)(H,17,18). The summed E-state index contributed by atoms with van der Waals surface area (Å²) >= 11 is 0. The highest BCUT2D eigenvalue weighted by Crippen LogP contribution is 2.22. The fraction of sp³-hybridized carbons (Fsp3) is 0.857. The first-order valence-electron chi connectivity index (χ1n) is 7.22. The van der Waals surface area contributed by atoms with E-state index in [1.165, 1.54) is 43.4 Å². The molecule has 1 saturated carbocycles. The molecule has 1 atom stereocenters. The summed E-state index contributed by atoms with van der Waals surface area (Å²) < 4.78 is 0. The molecule has 2 N–H and O–H groups in total. The topological polar surface area (TPSA) is 69.6 Å². The molecule has 0 aromatic carbocycles. The van der Waals surface area contributed by atoms with Crippen molar-refractivity contribution in [1.82, 2.24) is 10.2 Å². The lowest BCUT2D eigenvalue weighted by molar-refractivity contribution is -0.141. The molecular formula is C14H26N2O3. The molecule has 2 amide bonds. The van der Waals surface area contributed by atoms with E-state index in [1.807, 2.05) is 0 Å². The SMILES string of the molecule is CC(CN(C)C(=O)NCC1CCCCCC1)C(=O)O. The highest BCUT2D eigenvalue weighted by Gasteiger charge is 2.18. The molecule has 0 aliphatic heterocycles. The number of aliphatic carboxylic acids is 1. The van der Waals surface area contributed by atoms with E-state index < -0.39 is 11.9 Å². The quantitative estimate of drug-likeness (QED) is 0.753. The number of hydrogen-bond acceptors (Lipinski definition) is 2. The highest BCUT2D eigenvalue weighted by molar-refractivity contribution is 5.75. The molecule has 1 rings (SSSR count). The second-order valence-corrected chi connectivity index (χ2v) is 5.66. The molecule has 0 spiro atoms. The molecule has 0 aromatic heterocycles. The van der Waals surface area contributed by atoms with Crippen molar-refractivity contribution >= 4 is 12.0 Å². The second-order valence-electron chi connectivity index (χ2n) is 5.66. The smallest absolute Gasteiger partial charge is 0.317 e. The van der Waals surface area contributed by atoms with E-state index in [0.29, 0.717) is 12.5 Å². The first kappa shape index (κ1) is 15.8. The molecule has 0 aromatic rings. The van der Waals surface area contributed by atoms with Gasteiger partial charge in [-0.3, -0.25) is 4.79 Å². The van der Waals surface area contributed by atoms with Gasteiger partial charge in [0.05, 0.1) is 5.92 Å². The summed E-state index contributed by atoms with van der Waals surface area (Å²) in [5.41, 5.74) is 0. The van der Waals surface area contributed by atoms with Gasteiger partial charge in [-0.25, -0.2) is 4.79 Å². The number of rotatable bonds is 5. The zero-order chi connectivity index (χ0) is 14.3. The third-order valence-corrected chi connectivity index (χ3v) is 3.83. The Morgan fingerprint density at radius 3 is 2.37 bits per heavy atom. The van der Waals surface area contributed by atoms with Gasteiger partial charge in [0.2, 0.25) is 0 Å². The molecule has 5 heteroatoms. The number of nitrogens with zero attached hydrogens (tertiary/aromatic N) is 1. The summed E-state index contributed by atoms with van der Waals surface area (Å²) in [4.78, 5) is 24.0. The van der Waals surface area contributed by atoms with E-state index in [4.69, 9.17) is 5.11 Å². The van der Waals surface area contributed by atoms with E-state index in [1.54, 1.807) is 14.0 Å². The third kappa shape index (κ3) is 5.94. The monoisotopic (exact) mass is 270 g/mol. The van der Waals surface area contributed by atoms with E-state index in [9.17, 15) is 9.59 Å². The molecule has 110 valence electrons. The fourth-order valence-corrected chi connectivity index (χ4v) is 2.51. The van der Waals surface area contributed by atoms with E-state index in [2.05, 4.69) is 5.32 Å². The average Bonchev–Trinajstić information content (AvgIpc) is 2.64. The Balaban J connectivity index is 2.27. The maximum Gasteiger partial charge on any atom is 0.317 e. The largest absolute Gasteiger partial charge is 0.481 e. The van der Waals surface area contributed by atoms with Crippen LogP contribution >= 0.6 is 0 Å². The molecule has 0 heterocycles. The van der Waals surface area contributed by atoms with Crippen molar-refractivity contribution in [3.63, 3.8) is 0 Å². The zero-order valence-corrected chi connectivity index (χ0v) is 12.0. The van der Waals surface area contributed by atoms with Crippen molar-refractivity contribution in [3.05, 3.63) is 0 Å². The average molecular weight is 270 g/mol. The summed E-state index contributed by atoms with van der Waals surface area (Å²) in [5.74, 6) is -0.825. The number of amides is 2. The summed E-state index contributed by atoms with van der Waals surface area (Å²) in [6, 6.07) is -0.169. The number of carbonyl (C=O) groups is 2. The van der Waals surface area contributed by atoms with E-state index in [-0.39, 0.29) is 12.6 Å². The van der Waals surface area contributed by atoms with Gasteiger partial charge in [0.15, 0.2) is 0 Å². The zero-order valence-electron chi connectivity index (χ0n) is 12.0. The molecule has 1 aliphatic rings. The lowest BCUT2D eigenvalue weighted by atomic mass is 10.0. The molecule has 1 aliphatic carbocycles. The lowest BCUT2D eigenvalue weighted by Crippen LogP contribution is -2.42. The van der Waals surface area contributed by atoms with Gasteiger partial charge in [-0.15, -0.1) is 0 Å². The Morgan fingerprint density at radius 1 is 1.26 bits per heavy atom. The van der Waals surface area contributed by atoms with Gasteiger partial charge in [-0.1, -0.05) is 32.6 Å². The number of carboxylic acids is 1. The van der Waals surface area contributed by atoms with Gasteiger partial charge in [0.25, 0.3) is 0 Å². The molecule has 5 nitrogen and oxygen atoms in total. The van der Waals surface area contributed by atoms with E-state index in [0.717, 1.165) is 0 Å². The van der Waals surface area contributed by atoms with Gasteiger partial charge in [0, 0.05) is 20.1 Å². The summed E-state index contributed by atoms with van der Waals surface area (Å²) in [7, 11) is 1.64. The number of hydrogen-bond donors (Lipinski definition) is 2. The van der Waals surface area contributed by atoms with Crippen LogP contribution in [0.3, 0.4) is 0 Å². The Labute approximate surface area is 115 Å². The molecule has 0 radical (unpaired) electrons. The van der Waals surface area contributed by atoms with Gasteiger partial charge >= 0.3 is 12.0 Å². The molecular weight excluding hydrogens is 244 g/mol. The van der Waals surface area contributed by atoms with Crippen LogP contribution in [0.25, 0.3) is 0 Å². The molecule has 1 unspecified atom stereocenters. The van der Waals surface area contributed by atoms with Gasteiger partial charge in [-0.2, -0.15) is 0 Å². The minimum absolute atomic E-state index is 0.169. The number of urea groups is 1. The van der Waals surface area contributed by atoms with Crippen LogP contribution < -0.4 is 5.32 Å². The van der Waals surface area contributed by atoms with Crippen LogP contribution in [0.4, 0.5) is 4.79 Å². The van der Waals surface area contributed by atoms with E-state index >= 15 is 0 Å². The van der Waals surface area contributed by atoms with Crippen molar-refractivity contribution in [3.8, 4) is 0 Å². The maximum absolute atomic E-state index is 11.9. The predicted molar refractivity (Wildman–Crippen MR) is 74.0 cm³/mol. The van der Waals surface area contributed by atoms with Crippen LogP contribution in [0, 0.1) is 11.8 Å². The van der Waals surface area contributed by atoms with Crippen molar-refractivity contribution in [2.24, 2.45) is 11.8 Å². The fourth-order valence-electron chi connectivity index (χ4n) is 2.51. The van der Waals surface area contributed by atoms with Crippen LogP contribution in [0.2, 0.25) is 0 Å². The van der Waals surface area contributed by atoms with Crippen LogP contribution in [-0.2, 0) is 4.79 Å². The Hall–Kier alpha value is -1.26. The van der Waals surface area contributed by atoms with Crippen LogP contribution in [0.1, 0.15) is 45.4 Å². The van der Waals surface area contributed by atoms with Gasteiger partial charge in [0.1, 0.15) is 0 Å². The Morgan fingerprint density at radius 2 is 1.84 bits per heavy atom. The maximum atomic E-state index is 11.9. The second kappa shape index (κ2) is 8.02. The van der Waals surface area contributed by atoms with Crippen LogP contribution in [0.5, 0.6) is 0 Å². The normalized spacial score (nSPS) is 18.4. The first-order valence-corrected chi connectivity index (χ1v) is 7.22. The highest BCUT2D eigenvalue weighted by atomic mass is 16.4. The molecule has 19 heavy (non-hydrogen) atoms. The third-order valence-electron chi connectivity index (χ3n) is 3.83. The van der Waals surface area contributed by atoms with Crippen molar-refractivity contribution in [1.29, 1.82) is 0 Å². The number of nitrogens with one attached hydrogen (secondary N) is 1. The molecule has 0 saturated heterocycles. The molecule has 1 fully saturated rings. The molecule has 0 bridgehead atoms. The number of carboxylic acid groups (broad SMARTS) is 1. The minimum atomic E-state index is -0.872. The number of carbonyl (C=O) groups excluding carboxylic acids is 1. The Bertz CT molecular complexity index is 299. The summed E-state index contributed by atoms with van der Waals surface area (Å²) in [6.45, 7) is 2.56. The van der Waals surface area contributed by atoms with Crippen molar-refractivity contribution in [2.75, 3.05) is 20.1 Å². The predicted octanol–water partition coefficient (Wildman–Crippen LogP) is 2.32. The minimum Gasteiger partial charge on any atom is -0.481 e. The first-order chi connectivity index (χ1) is 9.00. The van der Waals surface area contributed by atoms with Crippen LogP contribution in [0.15, 0.2) is 0 Å². The van der Waals surface area contributed by atoms with Crippen molar-refractivity contribution in [2.45, 2.75) is 45.4 Å². The Kier molecular flexibility index (Phi) is 6.67. The summed E-state index contributed by atoms with van der Waals surface area (Å²) in [5, 5.41) is 11.7. The van der Waals surface area contributed by atoms with Gasteiger partial charge < -0.3 is 15.3 Å². The summed E-state index contributed by atoms with van der Waals surface area (Å²) in [6.07, 6.45) is 7.50. The van der Waals surface area contributed by atoms with Crippen molar-refractivity contribution < 1.29 is 14.7 Å².